The van der Waals surface area contributed by atoms with E-state index in [1.807, 2.05) is 6.07 Å². The SMILES string of the molecule is O=C1NCCN2CCN(C(=O)NCC3(c4cccc(F)c4)CCCC3)C[C@H]12. The van der Waals surface area contributed by atoms with E-state index in [0.717, 1.165) is 44.3 Å². The number of urea groups is 1. The first-order valence-corrected chi connectivity index (χ1v) is 9.88. The van der Waals surface area contributed by atoms with E-state index in [4.69, 9.17) is 0 Å². The molecule has 0 spiro atoms. The number of amides is 3. The third-order valence-corrected chi connectivity index (χ3v) is 6.35. The normalized spacial score (nSPS) is 25.0. The Hall–Kier alpha value is -2.15. The van der Waals surface area contributed by atoms with Crippen LogP contribution in [0.4, 0.5) is 9.18 Å². The molecule has 6 nitrogen and oxygen atoms in total. The van der Waals surface area contributed by atoms with Crippen molar-refractivity contribution in [3.8, 4) is 0 Å². The summed E-state index contributed by atoms with van der Waals surface area (Å²) in [6.07, 6.45) is 4.09. The Morgan fingerprint density at radius 2 is 2.07 bits per heavy atom. The molecule has 1 saturated carbocycles. The fourth-order valence-electron chi connectivity index (χ4n) is 4.76. The average Bonchev–Trinajstić information content (AvgIpc) is 3.16. The van der Waals surface area contributed by atoms with Gasteiger partial charge in [0, 0.05) is 44.7 Å². The van der Waals surface area contributed by atoms with Crippen LogP contribution in [0, 0.1) is 5.82 Å². The smallest absolute Gasteiger partial charge is 0.317 e. The van der Waals surface area contributed by atoms with E-state index in [-0.39, 0.29) is 29.2 Å². The molecule has 7 heteroatoms. The van der Waals surface area contributed by atoms with Crippen molar-refractivity contribution >= 4 is 11.9 Å². The van der Waals surface area contributed by atoms with Gasteiger partial charge in [0.2, 0.25) is 5.91 Å². The Kier molecular flexibility index (Phi) is 5.04. The molecule has 2 N–H and O–H groups in total. The van der Waals surface area contributed by atoms with Crippen LogP contribution in [0.2, 0.25) is 0 Å². The van der Waals surface area contributed by atoms with Crippen LogP contribution in [0.5, 0.6) is 0 Å². The van der Waals surface area contributed by atoms with Crippen LogP contribution in [-0.4, -0.2) is 67.0 Å². The molecular weight excluding hydrogens is 347 g/mol. The molecule has 3 fully saturated rings. The monoisotopic (exact) mass is 374 g/mol. The molecule has 0 radical (unpaired) electrons. The number of piperazine rings is 2. The summed E-state index contributed by atoms with van der Waals surface area (Å²) < 4.78 is 13.7. The number of carbonyl (C=O) groups excluding carboxylic acids is 2. The molecule has 0 aromatic heterocycles. The number of fused-ring (bicyclic) bond motifs is 1. The van der Waals surface area contributed by atoms with E-state index in [9.17, 15) is 14.0 Å². The predicted molar refractivity (Wildman–Crippen MR) is 99.9 cm³/mol. The third kappa shape index (κ3) is 3.65. The number of hydrogen-bond acceptors (Lipinski definition) is 3. The lowest BCUT2D eigenvalue weighted by Crippen LogP contribution is -2.65. The highest BCUT2D eigenvalue weighted by Crippen LogP contribution is 2.40. The number of benzene rings is 1. The fraction of sp³-hybridized carbons (Fsp3) is 0.600. The van der Waals surface area contributed by atoms with Crippen LogP contribution in [0.1, 0.15) is 31.2 Å². The summed E-state index contributed by atoms with van der Waals surface area (Å²) in [5.41, 5.74) is 0.777. The predicted octanol–water partition coefficient (Wildman–Crippen LogP) is 1.46. The van der Waals surface area contributed by atoms with Gasteiger partial charge in [-0.1, -0.05) is 25.0 Å². The number of halogens is 1. The van der Waals surface area contributed by atoms with Gasteiger partial charge in [-0.3, -0.25) is 9.69 Å². The van der Waals surface area contributed by atoms with Crippen molar-refractivity contribution < 1.29 is 14.0 Å². The van der Waals surface area contributed by atoms with E-state index >= 15 is 0 Å². The van der Waals surface area contributed by atoms with Crippen LogP contribution in [0.3, 0.4) is 0 Å². The van der Waals surface area contributed by atoms with Gasteiger partial charge in [0.1, 0.15) is 11.9 Å². The molecule has 146 valence electrons. The molecule has 3 aliphatic rings. The summed E-state index contributed by atoms with van der Waals surface area (Å²) in [5, 5.41) is 5.95. The number of hydrogen-bond donors (Lipinski definition) is 2. The van der Waals surface area contributed by atoms with Gasteiger partial charge in [0.05, 0.1) is 0 Å². The van der Waals surface area contributed by atoms with Gasteiger partial charge in [-0.05, 0) is 30.5 Å². The molecule has 4 rings (SSSR count). The van der Waals surface area contributed by atoms with Gasteiger partial charge < -0.3 is 15.5 Å². The number of nitrogens with one attached hydrogen (secondary N) is 2. The van der Waals surface area contributed by atoms with Crippen LogP contribution in [0.15, 0.2) is 24.3 Å². The molecule has 0 unspecified atom stereocenters. The zero-order valence-corrected chi connectivity index (χ0v) is 15.5. The summed E-state index contributed by atoms with van der Waals surface area (Å²) in [6, 6.07) is 6.39. The van der Waals surface area contributed by atoms with Crippen molar-refractivity contribution in [2.75, 3.05) is 39.3 Å². The minimum Gasteiger partial charge on any atom is -0.353 e. The van der Waals surface area contributed by atoms with E-state index in [1.54, 1.807) is 17.0 Å². The highest BCUT2D eigenvalue weighted by molar-refractivity contribution is 5.84. The first kappa shape index (κ1) is 18.2. The van der Waals surface area contributed by atoms with Crippen molar-refractivity contribution in [2.45, 2.75) is 37.1 Å². The first-order chi connectivity index (χ1) is 13.1. The summed E-state index contributed by atoms with van der Waals surface area (Å²) >= 11 is 0. The molecule has 1 aliphatic carbocycles. The van der Waals surface area contributed by atoms with Crippen molar-refractivity contribution in [3.63, 3.8) is 0 Å². The Morgan fingerprint density at radius 1 is 1.26 bits per heavy atom. The average molecular weight is 374 g/mol. The molecule has 3 amide bonds. The molecular formula is C20H27FN4O2. The standard InChI is InChI=1S/C20H27FN4O2/c21-16-5-3-4-15(12-16)20(6-1-2-7-20)14-23-19(27)25-11-10-24-9-8-22-18(26)17(24)13-25/h3-5,12,17H,1-2,6-11,13-14H2,(H,22,26)(H,23,27)/t17-/m1/s1. The summed E-state index contributed by atoms with van der Waals surface area (Å²) in [7, 11) is 0. The maximum absolute atomic E-state index is 13.7. The van der Waals surface area contributed by atoms with Crippen molar-refractivity contribution in [1.29, 1.82) is 0 Å². The summed E-state index contributed by atoms with van der Waals surface area (Å²) in [4.78, 5) is 28.7. The molecule has 2 saturated heterocycles. The van der Waals surface area contributed by atoms with Crippen LogP contribution in [-0.2, 0) is 10.2 Å². The van der Waals surface area contributed by atoms with Crippen LogP contribution >= 0.6 is 0 Å². The second kappa shape index (κ2) is 7.46. The maximum Gasteiger partial charge on any atom is 0.317 e. The highest BCUT2D eigenvalue weighted by atomic mass is 19.1. The van der Waals surface area contributed by atoms with E-state index in [1.165, 1.54) is 6.07 Å². The molecule has 1 aromatic rings. The lowest BCUT2D eigenvalue weighted by atomic mass is 9.79. The second-order valence-corrected chi connectivity index (χ2v) is 7.95. The van der Waals surface area contributed by atoms with Crippen molar-refractivity contribution in [2.24, 2.45) is 0 Å². The van der Waals surface area contributed by atoms with E-state index in [0.29, 0.717) is 26.2 Å². The van der Waals surface area contributed by atoms with Crippen LogP contribution < -0.4 is 10.6 Å². The second-order valence-electron chi connectivity index (χ2n) is 7.95. The molecule has 27 heavy (non-hydrogen) atoms. The largest absolute Gasteiger partial charge is 0.353 e. The minimum absolute atomic E-state index is 0.00535. The Bertz CT molecular complexity index is 720. The first-order valence-electron chi connectivity index (χ1n) is 9.88. The van der Waals surface area contributed by atoms with E-state index in [2.05, 4.69) is 15.5 Å². The summed E-state index contributed by atoms with van der Waals surface area (Å²) in [6.45, 7) is 3.80. The zero-order chi connectivity index (χ0) is 18.9. The topological polar surface area (TPSA) is 64.7 Å². The Balaban J connectivity index is 1.41. The highest BCUT2D eigenvalue weighted by Gasteiger charge is 2.39. The zero-order valence-electron chi connectivity index (χ0n) is 15.5. The fourth-order valence-corrected chi connectivity index (χ4v) is 4.76. The molecule has 0 bridgehead atoms. The quantitative estimate of drug-likeness (QED) is 0.842. The molecule has 2 heterocycles. The molecule has 1 aromatic carbocycles. The van der Waals surface area contributed by atoms with Crippen molar-refractivity contribution in [1.82, 2.24) is 20.4 Å². The molecule has 1 atom stereocenters. The van der Waals surface area contributed by atoms with Gasteiger partial charge in [-0.2, -0.15) is 0 Å². The number of carbonyl (C=O) groups is 2. The van der Waals surface area contributed by atoms with Gasteiger partial charge in [0.25, 0.3) is 0 Å². The van der Waals surface area contributed by atoms with Gasteiger partial charge in [-0.15, -0.1) is 0 Å². The van der Waals surface area contributed by atoms with Gasteiger partial charge in [0.15, 0.2) is 0 Å². The third-order valence-electron chi connectivity index (χ3n) is 6.35. The maximum atomic E-state index is 13.7. The minimum atomic E-state index is -0.248. The van der Waals surface area contributed by atoms with Crippen LogP contribution in [0.25, 0.3) is 0 Å². The van der Waals surface area contributed by atoms with Crippen molar-refractivity contribution in [3.05, 3.63) is 35.6 Å². The molecule has 2 aliphatic heterocycles. The number of rotatable bonds is 3. The lowest BCUT2D eigenvalue weighted by Gasteiger charge is -2.43. The van der Waals surface area contributed by atoms with E-state index < -0.39 is 0 Å². The summed E-state index contributed by atoms with van der Waals surface area (Å²) in [5.74, 6) is -0.227. The van der Waals surface area contributed by atoms with Gasteiger partial charge >= 0.3 is 6.03 Å². The Morgan fingerprint density at radius 3 is 2.85 bits per heavy atom. The lowest BCUT2D eigenvalue weighted by molar-refractivity contribution is -0.131. The Labute approximate surface area is 159 Å². The number of nitrogens with zero attached hydrogens (tertiary/aromatic N) is 2. The van der Waals surface area contributed by atoms with Gasteiger partial charge in [-0.25, -0.2) is 9.18 Å².